The Morgan fingerprint density at radius 2 is 2.14 bits per heavy atom. The molecule has 0 bridgehead atoms. The number of nitrogens with one attached hydrogen (secondary N) is 1. The van der Waals surface area contributed by atoms with Crippen molar-refractivity contribution in [2.45, 2.75) is 31.0 Å². The first-order chi connectivity index (χ1) is 9.69. The lowest BCUT2D eigenvalue weighted by atomic mass is 10.1. The van der Waals surface area contributed by atoms with E-state index in [2.05, 4.69) is 36.6 Å². The molecule has 2 rings (SSSR count). The molecule has 3 N–H and O–H groups in total. The van der Waals surface area contributed by atoms with Gasteiger partial charge in [-0.05, 0) is 25.9 Å². The summed E-state index contributed by atoms with van der Waals surface area (Å²) in [6.07, 6.45) is 3.22. The van der Waals surface area contributed by atoms with Gasteiger partial charge in [-0.2, -0.15) is 5.10 Å². The van der Waals surface area contributed by atoms with E-state index in [1.54, 1.807) is 0 Å². The van der Waals surface area contributed by atoms with E-state index in [1.165, 1.54) is 5.01 Å². The Kier molecular flexibility index (Phi) is 4.58. The molecule has 1 amide bonds. The Labute approximate surface area is 124 Å². The summed E-state index contributed by atoms with van der Waals surface area (Å²) in [5.41, 5.74) is 0. The Hall–Kier alpha value is -1.14. The maximum absolute atomic E-state index is 11.2. The average molecular weight is 315 g/mol. The highest BCUT2D eigenvalue weighted by molar-refractivity contribution is 7.72. The summed E-state index contributed by atoms with van der Waals surface area (Å²) in [6.45, 7) is 6.65. The van der Waals surface area contributed by atoms with Crippen LogP contribution in [0.1, 0.15) is 6.42 Å². The molecule has 0 aliphatic carbocycles. The van der Waals surface area contributed by atoms with Crippen LogP contribution >= 0.6 is 6.89 Å². The fraction of sp³-hybridized carbons (Fsp3) is 0.615. The molecule has 1 saturated heterocycles. The van der Waals surface area contributed by atoms with Crippen LogP contribution in [-0.2, 0) is 9.53 Å². The summed E-state index contributed by atoms with van der Waals surface area (Å²) in [5, 5.41) is 27.9. The van der Waals surface area contributed by atoms with Crippen molar-refractivity contribution in [1.82, 2.24) is 10.3 Å². The van der Waals surface area contributed by atoms with Crippen molar-refractivity contribution in [1.29, 1.82) is 0 Å². The molecule has 0 aromatic heterocycles. The number of amides is 1. The molecule has 8 heteroatoms. The highest BCUT2D eigenvalue weighted by Gasteiger charge is 2.46. The fourth-order valence-corrected chi connectivity index (χ4v) is 3.24. The number of hydrogen-bond acceptors (Lipinski definition) is 6. The lowest BCUT2D eigenvalue weighted by molar-refractivity contribution is -0.117. The van der Waals surface area contributed by atoms with Gasteiger partial charge >= 0.3 is 0 Å². The third kappa shape index (κ3) is 3.74. The van der Waals surface area contributed by atoms with Crippen molar-refractivity contribution in [3.63, 3.8) is 0 Å². The van der Waals surface area contributed by atoms with Gasteiger partial charge in [-0.15, -0.1) is 13.2 Å². The molecule has 1 fully saturated rings. The van der Waals surface area contributed by atoms with Crippen LogP contribution in [0.3, 0.4) is 0 Å². The minimum Gasteiger partial charge on any atom is -0.388 e. The van der Waals surface area contributed by atoms with Crippen LogP contribution in [-0.4, -0.2) is 77.7 Å². The second-order valence-corrected chi connectivity index (χ2v) is 10.3. The number of hydrazone groups is 1. The van der Waals surface area contributed by atoms with E-state index in [0.29, 0.717) is 6.42 Å². The summed E-state index contributed by atoms with van der Waals surface area (Å²) in [6, 6.07) is 0. The molecule has 2 aliphatic rings. The molecular weight excluding hydrogens is 293 g/mol. The Bertz CT molecular complexity index is 516. The first-order valence-corrected chi connectivity index (χ1v) is 9.76. The normalized spacial score (nSPS) is 33.4. The van der Waals surface area contributed by atoms with Crippen molar-refractivity contribution in [3.8, 4) is 0 Å². The maximum atomic E-state index is 11.2. The number of ether oxygens (including phenoxy) is 1. The number of hydrogen-bond donors (Lipinski definition) is 3. The molecule has 7 nitrogen and oxygen atoms in total. The molecule has 4 atom stereocenters. The number of aliphatic hydroxyl groups is 2. The molecule has 2 aliphatic heterocycles. The summed E-state index contributed by atoms with van der Waals surface area (Å²) < 4.78 is 5.72. The predicted octanol–water partition coefficient (Wildman–Crippen LogP) is -0.579. The zero-order valence-corrected chi connectivity index (χ0v) is 13.2. The van der Waals surface area contributed by atoms with E-state index >= 15 is 0 Å². The van der Waals surface area contributed by atoms with Gasteiger partial charge in [0.1, 0.15) is 24.2 Å². The number of rotatable bonds is 4. The smallest absolute Gasteiger partial charge is 0.269 e. The van der Waals surface area contributed by atoms with E-state index in [4.69, 9.17) is 4.74 Å². The minimum absolute atomic E-state index is 0.212. The summed E-state index contributed by atoms with van der Waals surface area (Å²) in [5.74, 6) is -0.172. The minimum atomic E-state index is -1.23. The first-order valence-electron chi connectivity index (χ1n) is 6.71. The van der Waals surface area contributed by atoms with Crippen molar-refractivity contribution < 1.29 is 19.7 Å². The van der Waals surface area contributed by atoms with E-state index in [-0.39, 0.29) is 11.7 Å². The van der Waals surface area contributed by atoms with Gasteiger partial charge in [0.25, 0.3) is 5.91 Å². The summed E-state index contributed by atoms with van der Waals surface area (Å²) >= 11 is 0. The number of carbonyl (C=O) groups is 1. The molecule has 0 aromatic carbocycles. The third-order valence-electron chi connectivity index (χ3n) is 3.44. The van der Waals surface area contributed by atoms with E-state index in [0.717, 1.165) is 12.4 Å². The summed E-state index contributed by atoms with van der Waals surface area (Å²) in [7, 11) is 0. The van der Waals surface area contributed by atoms with Crippen molar-refractivity contribution in [2.24, 2.45) is 5.10 Å². The zero-order valence-electron chi connectivity index (χ0n) is 12.3. The SMILES string of the molecule is C=C1NC(=O)C=NN1C1OC(CCP(=C)(C)C)[C@@H](O)[C@H]1O. The van der Waals surface area contributed by atoms with Crippen LogP contribution in [0, 0.1) is 0 Å². The molecular formula is C13H22N3O4P. The average Bonchev–Trinajstić information content (AvgIpc) is 2.64. The Morgan fingerprint density at radius 3 is 2.71 bits per heavy atom. The molecule has 2 unspecified atom stereocenters. The van der Waals surface area contributed by atoms with Gasteiger partial charge in [0.2, 0.25) is 0 Å². The van der Waals surface area contributed by atoms with Crippen molar-refractivity contribution >= 4 is 25.3 Å². The van der Waals surface area contributed by atoms with Crippen LogP contribution in [0.2, 0.25) is 0 Å². The van der Waals surface area contributed by atoms with Gasteiger partial charge in [0, 0.05) is 0 Å². The van der Waals surface area contributed by atoms with Crippen LogP contribution < -0.4 is 5.32 Å². The fourth-order valence-electron chi connectivity index (χ4n) is 2.28. The van der Waals surface area contributed by atoms with Gasteiger partial charge in [0.15, 0.2) is 6.23 Å². The lowest BCUT2D eigenvalue weighted by Gasteiger charge is -2.30. The Morgan fingerprint density at radius 1 is 1.48 bits per heavy atom. The molecule has 0 aromatic rings. The van der Waals surface area contributed by atoms with Gasteiger partial charge in [-0.3, -0.25) is 4.79 Å². The number of carbonyl (C=O) groups excluding carboxylic acids is 1. The molecule has 118 valence electrons. The van der Waals surface area contributed by atoms with Gasteiger partial charge in [-0.1, -0.05) is 6.58 Å². The second kappa shape index (κ2) is 5.93. The molecule has 0 saturated carbocycles. The quantitative estimate of drug-likeness (QED) is 0.604. The van der Waals surface area contributed by atoms with Crippen LogP contribution in [0.5, 0.6) is 0 Å². The Balaban J connectivity index is 2.06. The highest BCUT2D eigenvalue weighted by atomic mass is 31.2. The maximum Gasteiger partial charge on any atom is 0.269 e. The predicted molar refractivity (Wildman–Crippen MR) is 83.7 cm³/mol. The number of aliphatic hydroxyl groups excluding tert-OH is 2. The van der Waals surface area contributed by atoms with Crippen LogP contribution in [0.4, 0.5) is 0 Å². The van der Waals surface area contributed by atoms with Crippen molar-refractivity contribution in [3.05, 3.63) is 12.4 Å². The van der Waals surface area contributed by atoms with Gasteiger partial charge < -0.3 is 20.3 Å². The van der Waals surface area contributed by atoms with Crippen LogP contribution in [0.15, 0.2) is 17.5 Å². The molecule has 21 heavy (non-hydrogen) atoms. The molecule has 2 heterocycles. The molecule has 0 spiro atoms. The lowest BCUT2D eigenvalue weighted by Crippen LogP contribution is -2.47. The van der Waals surface area contributed by atoms with E-state index in [9.17, 15) is 15.0 Å². The third-order valence-corrected chi connectivity index (χ3v) is 4.91. The van der Waals surface area contributed by atoms with Gasteiger partial charge in [0.05, 0.1) is 6.10 Å². The largest absolute Gasteiger partial charge is 0.388 e. The van der Waals surface area contributed by atoms with Crippen LogP contribution in [0.25, 0.3) is 0 Å². The summed E-state index contributed by atoms with van der Waals surface area (Å²) in [4.78, 5) is 11.2. The van der Waals surface area contributed by atoms with Crippen molar-refractivity contribution in [2.75, 3.05) is 19.5 Å². The molecule has 0 radical (unpaired) electrons. The first kappa shape index (κ1) is 16.2. The number of nitrogens with zero attached hydrogens (tertiary/aromatic N) is 2. The highest BCUT2D eigenvalue weighted by Crippen LogP contribution is 2.38. The monoisotopic (exact) mass is 315 g/mol. The van der Waals surface area contributed by atoms with E-state index in [1.807, 2.05) is 0 Å². The standard InChI is InChI=1S/C13H22N3O4P/c1-8-15-10(17)7-14-16(8)13-12(19)11(18)9(20-13)5-6-21(2,3)4/h7,9,11-13,18-19H,1-2,5-6H2,3-4H3,(H,15,17)/t9?,11-,12-,13?/m1/s1. The zero-order chi connectivity index (χ0) is 15.8. The topological polar surface area (TPSA) is 94.4 Å². The van der Waals surface area contributed by atoms with E-state index < -0.39 is 31.4 Å². The second-order valence-electron chi connectivity index (χ2n) is 6.02. The van der Waals surface area contributed by atoms with Gasteiger partial charge in [-0.25, -0.2) is 5.01 Å².